The highest BCUT2D eigenvalue weighted by Crippen LogP contribution is 2.18. The predicted molar refractivity (Wildman–Crippen MR) is 49.9 cm³/mol. The summed E-state index contributed by atoms with van der Waals surface area (Å²) in [6.07, 6.45) is -0.778. The molecule has 0 amide bonds. The molecule has 0 aliphatic heterocycles. The van der Waals surface area contributed by atoms with E-state index in [2.05, 4.69) is 10.2 Å². The molecule has 1 atom stereocenters. The van der Waals surface area contributed by atoms with Crippen molar-refractivity contribution in [1.82, 2.24) is 10.2 Å². The molecule has 0 spiro atoms. The summed E-state index contributed by atoms with van der Waals surface area (Å²) < 4.78 is 4.85. The number of hydrogen-bond acceptors (Lipinski definition) is 4. The van der Waals surface area contributed by atoms with E-state index in [-0.39, 0.29) is 0 Å². The lowest BCUT2D eigenvalue weighted by Crippen LogP contribution is -2.09. The van der Waals surface area contributed by atoms with Crippen molar-refractivity contribution in [3.05, 3.63) is 17.0 Å². The minimum absolute atomic E-state index is 0.308. The number of nitrogens with one attached hydrogen (secondary N) is 1. The first-order chi connectivity index (χ1) is 6.57. The number of ether oxygens (including phenoxy) is 1. The molecule has 1 rings (SSSR count). The van der Waals surface area contributed by atoms with Crippen LogP contribution < -0.4 is 0 Å². The van der Waals surface area contributed by atoms with Crippen molar-refractivity contribution in [3.8, 4) is 0 Å². The molecule has 1 unspecified atom stereocenters. The zero-order valence-corrected chi connectivity index (χ0v) is 8.50. The molecule has 5 nitrogen and oxygen atoms in total. The molecule has 0 bridgehead atoms. The summed E-state index contributed by atoms with van der Waals surface area (Å²) in [6.45, 7) is 5.31. The maximum absolute atomic E-state index is 11.5. The van der Waals surface area contributed by atoms with Gasteiger partial charge in [-0.1, -0.05) is 0 Å². The summed E-state index contributed by atoms with van der Waals surface area (Å²) in [5.74, 6) is -0.449. The Hall–Kier alpha value is -1.36. The number of carbonyl (C=O) groups is 1. The molecular weight excluding hydrogens is 184 g/mol. The number of aromatic amines is 1. The fourth-order valence-corrected chi connectivity index (χ4v) is 1.21. The number of esters is 1. The van der Waals surface area contributed by atoms with Crippen molar-refractivity contribution in [1.29, 1.82) is 0 Å². The molecule has 1 aromatic heterocycles. The van der Waals surface area contributed by atoms with Crippen LogP contribution in [0.1, 0.15) is 41.7 Å². The van der Waals surface area contributed by atoms with Gasteiger partial charge in [0.1, 0.15) is 11.3 Å². The molecule has 1 heterocycles. The SMILES string of the molecule is CCOC(=O)c1c(C(C)O)n[nH]c1C. The van der Waals surface area contributed by atoms with Crippen molar-refractivity contribution >= 4 is 5.97 Å². The number of aromatic nitrogens is 2. The second-order valence-corrected chi connectivity index (χ2v) is 3.01. The maximum Gasteiger partial charge on any atom is 0.341 e. The van der Waals surface area contributed by atoms with E-state index in [9.17, 15) is 9.90 Å². The number of hydrogen-bond donors (Lipinski definition) is 2. The highest BCUT2D eigenvalue weighted by Gasteiger charge is 2.21. The number of carbonyl (C=O) groups excluding carboxylic acids is 1. The van der Waals surface area contributed by atoms with Crippen molar-refractivity contribution in [2.45, 2.75) is 26.9 Å². The molecule has 0 saturated carbocycles. The van der Waals surface area contributed by atoms with E-state index < -0.39 is 12.1 Å². The predicted octanol–water partition coefficient (Wildman–Crippen LogP) is 0.948. The molecule has 0 aliphatic carbocycles. The van der Waals surface area contributed by atoms with Gasteiger partial charge in [0.25, 0.3) is 0 Å². The highest BCUT2D eigenvalue weighted by molar-refractivity contribution is 5.91. The van der Waals surface area contributed by atoms with Gasteiger partial charge in [-0.05, 0) is 20.8 Å². The molecule has 78 valence electrons. The van der Waals surface area contributed by atoms with E-state index in [4.69, 9.17) is 4.74 Å². The second kappa shape index (κ2) is 4.23. The Morgan fingerprint density at radius 1 is 1.71 bits per heavy atom. The fourth-order valence-electron chi connectivity index (χ4n) is 1.21. The van der Waals surface area contributed by atoms with E-state index in [1.54, 1.807) is 20.8 Å². The molecule has 5 heteroatoms. The van der Waals surface area contributed by atoms with Gasteiger partial charge in [-0.15, -0.1) is 0 Å². The minimum Gasteiger partial charge on any atom is -0.462 e. The largest absolute Gasteiger partial charge is 0.462 e. The van der Waals surface area contributed by atoms with Crippen LogP contribution in [0.25, 0.3) is 0 Å². The van der Waals surface area contributed by atoms with E-state index in [1.165, 1.54) is 0 Å². The third-order valence-corrected chi connectivity index (χ3v) is 1.85. The smallest absolute Gasteiger partial charge is 0.341 e. The van der Waals surface area contributed by atoms with Gasteiger partial charge < -0.3 is 9.84 Å². The summed E-state index contributed by atoms with van der Waals surface area (Å²) in [5.41, 5.74) is 1.28. The molecule has 0 aliphatic rings. The molecule has 2 N–H and O–H groups in total. The molecule has 1 aromatic rings. The van der Waals surface area contributed by atoms with Gasteiger partial charge >= 0.3 is 5.97 Å². The Morgan fingerprint density at radius 2 is 2.36 bits per heavy atom. The van der Waals surface area contributed by atoms with Gasteiger partial charge in [0.2, 0.25) is 0 Å². The summed E-state index contributed by atoms with van der Waals surface area (Å²) in [4.78, 5) is 11.5. The van der Waals surface area contributed by atoms with E-state index in [1.807, 2.05) is 0 Å². The van der Waals surface area contributed by atoms with Gasteiger partial charge in [0, 0.05) is 5.69 Å². The zero-order chi connectivity index (χ0) is 10.7. The van der Waals surface area contributed by atoms with Crippen LogP contribution in [0.3, 0.4) is 0 Å². The molecule has 0 fully saturated rings. The standard InChI is InChI=1S/C9H14N2O3/c1-4-14-9(13)7-5(2)10-11-8(7)6(3)12/h6,12H,4H2,1-3H3,(H,10,11). The number of aliphatic hydroxyl groups is 1. The van der Waals surface area contributed by atoms with Crippen LogP contribution in [-0.4, -0.2) is 27.9 Å². The quantitative estimate of drug-likeness (QED) is 0.709. The van der Waals surface area contributed by atoms with Gasteiger partial charge in [-0.3, -0.25) is 5.10 Å². The Morgan fingerprint density at radius 3 is 2.86 bits per heavy atom. The summed E-state index contributed by atoms with van der Waals surface area (Å²) >= 11 is 0. The van der Waals surface area contributed by atoms with Crippen molar-refractivity contribution in [2.24, 2.45) is 0 Å². The van der Waals surface area contributed by atoms with E-state index in [0.29, 0.717) is 23.6 Å². The van der Waals surface area contributed by atoms with Crippen molar-refractivity contribution < 1.29 is 14.6 Å². The highest BCUT2D eigenvalue weighted by atomic mass is 16.5. The molecule has 0 aromatic carbocycles. The molecular formula is C9H14N2O3. The first-order valence-electron chi connectivity index (χ1n) is 4.48. The minimum atomic E-state index is -0.778. The summed E-state index contributed by atoms with van der Waals surface area (Å²) in [7, 11) is 0. The lowest BCUT2D eigenvalue weighted by atomic mass is 10.1. The van der Waals surface area contributed by atoms with Crippen molar-refractivity contribution in [2.75, 3.05) is 6.61 Å². The van der Waals surface area contributed by atoms with Crippen LogP contribution >= 0.6 is 0 Å². The Bertz CT molecular complexity index is 331. The van der Waals surface area contributed by atoms with Crippen LogP contribution in [0.5, 0.6) is 0 Å². The Kier molecular flexibility index (Phi) is 3.24. The monoisotopic (exact) mass is 198 g/mol. The molecule has 0 radical (unpaired) electrons. The third-order valence-electron chi connectivity index (χ3n) is 1.85. The first-order valence-corrected chi connectivity index (χ1v) is 4.48. The number of aryl methyl sites for hydroxylation is 1. The number of H-pyrrole nitrogens is 1. The van der Waals surface area contributed by atoms with Gasteiger partial charge in [0.05, 0.1) is 12.7 Å². The van der Waals surface area contributed by atoms with Crippen LogP contribution in [0.15, 0.2) is 0 Å². The fraction of sp³-hybridized carbons (Fsp3) is 0.556. The van der Waals surface area contributed by atoms with E-state index in [0.717, 1.165) is 0 Å². The topological polar surface area (TPSA) is 75.2 Å². The maximum atomic E-state index is 11.5. The van der Waals surface area contributed by atoms with Crippen LogP contribution in [-0.2, 0) is 4.74 Å². The van der Waals surface area contributed by atoms with Crippen molar-refractivity contribution in [3.63, 3.8) is 0 Å². The van der Waals surface area contributed by atoms with Crippen LogP contribution in [0.4, 0.5) is 0 Å². The number of nitrogens with zero attached hydrogens (tertiary/aromatic N) is 1. The Labute approximate surface area is 82.1 Å². The normalized spacial score (nSPS) is 12.6. The lowest BCUT2D eigenvalue weighted by molar-refractivity contribution is 0.0519. The molecule has 14 heavy (non-hydrogen) atoms. The average Bonchev–Trinajstić information content (AvgIpc) is 2.47. The number of rotatable bonds is 3. The lowest BCUT2D eigenvalue weighted by Gasteiger charge is -2.04. The van der Waals surface area contributed by atoms with Crippen LogP contribution in [0, 0.1) is 6.92 Å². The van der Waals surface area contributed by atoms with E-state index >= 15 is 0 Å². The first kappa shape index (κ1) is 10.7. The van der Waals surface area contributed by atoms with Crippen LogP contribution in [0.2, 0.25) is 0 Å². The number of aliphatic hydroxyl groups excluding tert-OH is 1. The van der Waals surface area contributed by atoms with Gasteiger partial charge in [-0.2, -0.15) is 5.10 Å². The Balaban J connectivity index is 3.04. The third kappa shape index (κ3) is 1.93. The summed E-state index contributed by atoms with van der Waals surface area (Å²) in [6, 6.07) is 0. The average molecular weight is 198 g/mol. The second-order valence-electron chi connectivity index (χ2n) is 3.01. The molecule has 0 saturated heterocycles. The van der Waals surface area contributed by atoms with Gasteiger partial charge in [-0.25, -0.2) is 4.79 Å². The van der Waals surface area contributed by atoms with Gasteiger partial charge in [0.15, 0.2) is 0 Å². The summed E-state index contributed by atoms with van der Waals surface area (Å²) in [5, 5.41) is 15.8. The zero-order valence-electron chi connectivity index (χ0n) is 8.50.